The molecule has 4 nitrogen and oxygen atoms in total. The maximum absolute atomic E-state index is 13.1. The van der Waals surface area contributed by atoms with Gasteiger partial charge >= 0.3 is 0 Å². The highest BCUT2D eigenvalue weighted by Gasteiger charge is 2.44. The Hall–Kier alpha value is -1.10. The third-order valence-electron chi connectivity index (χ3n) is 5.85. The van der Waals surface area contributed by atoms with Crippen LogP contribution in [0.15, 0.2) is 30.3 Å². The Morgan fingerprint density at radius 1 is 1.25 bits per heavy atom. The van der Waals surface area contributed by atoms with Crippen LogP contribution in [0.2, 0.25) is 0 Å². The van der Waals surface area contributed by atoms with E-state index in [-0.39, 0.29) is 24.4 Å². The highest BCUT2D eigenvalue weighted by molar-refractivity contribution is 5.85. The van der Waals surface area contributed by atoms with Crippen molar-refractivity contribution >= 4 is 18.3 Å². The first kappa shape index (κ1) is 17.7. The fraction of sp³-hybridized carbons (Fsp3) is 0.632. The van der Waals surface area contributed by atoms with E-state index >= 15 is 0 Å². The Bertz CT molecular complexity index is 560. The zero-order valence-electron chi connectivity index (χ0n) is 14.1. The van der Waals surface area contributed by atoms with Crippen LogP contribution in [0.25, 0.3) is 0 Å². The summed E-state index contributed by atoms with van der Waals surface area (Å²) < 4.78 is 6.01. The molecular formula is C19H27ClN2O2. The summed E-state index contributed by atoms with van der Waals surface area (Å²) in [4.78, 5) is 15.3. The van der Waals surface area contributed by atoms with Gasteiger partial charge in [-0.2, -0.15) is 0 Å². The van der Waals surface area contributed by atoms with Gasteiger partial charge in [-0.15, -0.1) is 12.4 Å². The van der Waals surface area contributed by atoms with Crippen molar-refractivity contribution in [1.29, 1.82) is 0 Å². The van der Waals surface area contributed by atoms with Crippen LogP contribution in [0.3, 0.4) is 0 Å². The van der Waals surface area contributed by atoms with Gasteiger partial charge in [-0.25, -0.2) is 0 Å². The van der Waals surface area contributed by atoms with E-state index < -0.39 is 0 Å². The van der Waals surface area contributed by atoms with Gasteiger partial charge in [-0.05, 0) is 37.8 Å². The summed E-state index contributed by atoms with van der Waals surface area (Å²) in [5.74, 6) is 0.290. The summed E-state index contributed by atoms with van der Waals surface area (Å²) in [5, 5.41) is 3.47. The SMILES string of the molecule is Cl.O=C(C1CCCOC1c1ccccc1)N1CCC2(CCNC2)C1. The Kier molecular flexibility index (Phi) is 5.48. The van der Waals surface area contributed by atoms with Crippen LogP contribution < -0.4 is 5.32 Å². The molecule has 1 amide bonds. The van der Waals surface area contributed by atoms with Crippen LogP contribution in [0.1, 0.15) is 37.4 Å². The minimum absolute atomic E-state index is 0. The third-order valence-corrected chi connectivity index (χ3v) is 5.85. The van der Waals surface area contributed by atoms with Gasteiger partial charge in [0.2, 0.25) is 5.91 Å². The van der Waals surface area contributed by atoms with Crippen molar-refractivity contribution in [2.24, 2.45) is 11.3 Å². The summed E-state index contributed by atoms with van der Waals surface area (Å²) in [6, 6.07) is 10.2. The molecule has 5 heteroatoms. The Labute approximate surface area is 150 Å². The van der Waals surface area contributed by atoms with Gasteiger partial charge in [0.1, 0.15) is 0 Å². The molecule has 1 aromatic carbocycles. The average Bonchev–Trinajstić information content (AvgIpc) is 3.25. The number of hydrogen-bond donors (Lipinski definition) is 1. The maximum Gasteiger partial charge on any atom is 0.228 e. The first-order chi connectivity index (χ1) is 11.3. The lowest BCUT2D eigenvalue weighted by Gasteiger charge is -2.34. The van der Waals surface area contributed by atoms with E-state index in [9.17, 15) is 4.79 Å². The quantitative estimate of drug-likeness (QED) is 0.891. The first-order valence-corrected chi connectivity index (χ1v) is 8.94. The number of rotatable bonds is 2. The Morgan fingerprint density at radius 2 is 2.08 bits per heavy atom. The summed E-state index contributed by atoms with van der Waals surface area (Å²) in [5.41, 5.74) is 1.48. The highest BCUT2D eigenvalue weighted by Crippen LogP contribution is 2.40. The van der Waals surface area contributed by atoms with E-state index in [0.29, 0.717) is 11.3 Å². The minimum atomic E-state index is -0.0734. The fourth-order valence-electron chi connectivity index (χ4n) is 4.51. The van der Waals surface area contributed by atoms with E-state index in [1.54, 1.807) is 0 Å². The summed E-state index contributed by atoms with van der Waals surface area (Å²) >= 11 is 0. The third kappa shape index (κ3) is 3.32. The molecule has 3 aliphatic rings. The number of amides is 1. The van der Waals surface area contributed by atoms with Crippen molar-refractivity contribution in [3.8, 4) is 0 Å². The van der Waals surface area contributed by atoms with E-state index in [4.69, 9.17) is 4.74 Å². The fourth-order valence-corrected chi connectivity index (χ4v) is 4.51. The molecule has 0 aliphatic carbocycles. The second-order valence-electron chi connectivity index (χ2n) is 7.39. The molecule has 0 aromatic heterocycles. The van der Waals surface area contributed by atoms with Gasteiger partial charge in [0.15, 0.2) is 0 Å². The van der Waals surface area contributed by atoms with Crippen LogP contribution in [-0.4, -0.2) is 43.6 Å². The van der Waals surface area contributed by atoms with Crippen LogP contribution in [0.5, 0.6) is 0 Å². The van der Waals surface area contributed by atoms with Crippen LogP contribution in [0.4, 0.5) is 0 Å². The van der Waals surface area contributed by atoms with E-state index in [1.165, 1.54) is 6.42 Å². The lowest BCUT2D eigenvalue weighted by Crippen LogP contribution is -2.41. The van der Waals surface area contributed by atoms with E-state index in [2.05, 4.69) is 22.3 Å². The molecule has 4 rings (SSSR count). The number of nitrogens with zero attached hydrogens (tertiary/aromatic N) is 1. The number of halogens is 1. The smallest absolute Gasteiger partial charge is 0.228 e. The van der Waals surface area contributed by atoms with Gasteiger partial charge in [0.05, 0.1) is 12.0 Å². The molecule has 1 N–H and O–H groups in total. The molecule has 3 atom stereocenters. The molecule has 0 bridgehead atoms. The van der Waals surface area contributed by atoms with Gasteiger partial charge in [-0.3, -0.25) is 4.79 Å². The Morgan fingerprint density at radius 3 is 2.83 bits per heavy atom. The molecule has 0 radical (unpaired) electrons. The second-order valence-corrected chi connectivity index (χ2v) is 7.39. The number of likely N-dealkylation sites (tertiary alicyclic amines) is 1. The number of nitrogens with one attached hydrogen (secondary N) is 1. The summed E-state index contributed by atoms with van der Waals surface area (Å²) in [6.07, 6.45) is 4.21. The number of hydrogen-bond acceptors (Lipinski definition) is 3. The van der Waals surface area contributed by atoms with Crippen LogP contribution in [-0.2, 0) is 9.53 Å². The second kappa shape index (κ2) is 7.42. The lowest BCUT2D eigenvalue weighted by molar-refractivity contribution is -0.144. The molecule has 3 heterocycles. The molecule has 24 heavy (non-hydrogen) atoms. The highest BCUT2D eigenvalue weighted by atomic mass is 35.5. The molecule has 3 saturated heterocycles. The van der Waals surface area contributed by atoms with Crippen molar-refractivity contribution in [1.82, 2.24) is 10.2 Å². The lowest BCUT2D eigenvalue weighted by atomic mass is 9.86. The van der Waals surface area contributed by atoms with Crippen molar-refractivity contribution in [3.05, 3.63) is 35.9 Å². The summed E-state index contributed by atoms with van der Waals surface area (Å²) in [6.45, 7) is 4.77. The molecule has 0 saturated carbocycles. The van der Waals surface area contributed by atoms with Crippen molar-refractivity contribution in [2.45, 2.75) is 31.8 Å². The largest absolute Gasteiger partial charge is 0.373 e. The van der Waals surface area contributed by atoms with Crippen molar-refractivity contribution in [3.63, 3.8) is 0 Å². The normalized spacial score (nSPS) is 32.8. The molecule has 1 spiro atoms. The first-order valence-electron chi connectivity index (χ1n) is 8.94. The molecule has 3 fully saturated rings. The number of ether oxygens (including phenoxy) is 1. The van der Waals surface area contributed by atoms with Gasteiger partial charge in [-0.1, -0.05) is 30.3 Å². The predicted molar refractivity (Wildman–Crippen MR) is 96.2 cm³/mol. The van der Waals surface area contributed by atoms with Crippen LogP contribution in [0, 0.1) is 11.3 Å². The maximum atomic E-state index is 13.1. The topological polar surface area (TPSA) is 41.6 Å². The zero-order chi connectivity index (χ0) is 15.7. The van der Waals surface area contributed by atoms with Gasteiger partial charge < -0.3 is 15.0 Å². The molecule has 3 aliphatic heterocycles. The average molecular weight is 351 g/mol. The summed E-state index contributed by atoms with van der Waals surface area (Å²) in [7, 11) is 0. The van der Waals surface area contributed by atoms with Crippen molar-refractivity contribution in [2.75, 3.05) is 32.8 Å². The minimum Gasteiger partial charge on any atom is -0.373 e. The number of carbonyl (C=O) groups is 1. The van der Waals surface area contributed by atoms with Gasteiger partial charge in [0.25, 0.3) is 0 Å². The van der Waals surface area contributed by atoms with E-state index in [0.717, 1.165) is 57.6 Å². The number of carbonyl (C=O) groups excluding carboxylic acids is 1. The van der Waals surface area contributed by atoms with Crippen LogP contribution >= 0.6 is 12.4 Å². The zero-order valence-corrected chi connectivity index (χ0v) is 14.9. The standard InChI is InChI=1S/C19H26N2O2.ClH/c22-18(21-11-9-19(14-21)8-10-20-13-19)16-7-4-12-23-17(16)15-5-2-1-3-6-15;/h1-3,5-6,16-17,20H,4,7-14H2;1H. The van der Waals surface area contributed by atoms with Crippen molar-refractivity contribution < 1.29 is 9.53 Å². The monoisotopic (exact) mass is 350 g/mol. The predicted octanol–water partition coefficient (Wildman–Crippen LogP) is 2.79. The number of benzene rings is 1. The molecular weight excluding hydrogens is 324 g/mol. The Balaban J connectivity index is 0.00000169. The van der Waals surface area contributed by atoms with E-state index in [1.807, 2.05) is 18.2 Å². The molecule has 132 valence electrons. The molecule has 3 unspecified atom stereocenters. The van der Waals surface area contributed by atoms with Gasteiger partial charge in [0, 0.05) is 31.7 Å². The molecule has 1 aromatic rings.